The van der Waals surface area contributed by atoms with Crippen LogP contribution in [0.3, 0.4) is 0 Å². The number of nitrogens with two attached hydrogens (primary N) is 1. The summed E-state index contributed by atoms with van der Waals surface area (Å²) >= 11 is 6.13. The number of halogens is 1. The van der Waals surface area contributed by atoms with E-state index in [4.69, 9.17) is 22.7 Å². The van der Waals surface area contributed by atoms with Gasteiger partial charge < -0.3 is 10.6 Å². The maximum atomic E-state index is 7.40. The van der Waals surface area contributed by atoms with Crippen LogP contribution in [0.25, 0.3) is 0 Å². The van der Waals surface area contributed by atoms with Crippen molar-refractivity contribution in [3.8, 4) is 0 Å². The van der Waals surface area contributed by atoms with Gasteiger partial charge in [0.2, 0.25) is 0 Å². The van der Waals surface area contributed by atoms with E-state index in [1.807, 2.05) is 18.2 Å². The first kappa shape index (κ1) is 12.2. The zero-order chi connectivity index (χ0) is 12.4. The van der Waals surface area contributed by atoms with Crippen molar-refractivity contribution in [2.24, 2.45) is 11.7 Å². The van der Waals surface area contributed by atoms with E-state index in [2.05, 4.69) is 11.8 Å². The molecule has 1 heterocycles. The number of hydrogen-bond donors (Lipinski definition) is 2. The minimum Gasteiger partial charge on any atom is -0.384 e. The number of anilines is 1. The zero-order valence-electron chi connectivity index (χ0n) is 10.0. The minimum absolute atomic E-state index is 0.0218. The van der Waals surface area contributed by atoms with Gasteiger partial charge >= 0.3 is 0 Å². The number of nitrogens with one attached hydrogen (secondary N) is 1. The van der Waals surface area contributed by atoms with E-state index in [1.54, 1.807) is 0 Å². The lowest BCUT2D eigenvalue weighted by Gasteiger charge is -2.33. The van der Waals surface area contributed by atoms with Crippen molar-refractivity contribution in [3.05, 3.63) is 28.8 Å². The molecule has 1 unspecified atom stereocenters. The SMILES string of the molecule is CC1CCCN(c2ccc(C(=N)N)c(Cl)c2)C1. The van der Waals surface area contributed by atoms with Crippen LogP contribution in [0.2, 0.25) is 5.02 Å². The predicted octanol–water partition coefficient (Wildman–Crippen LogP) is 2.86. The molecular weight excluding hydrogens is 234 g/mol. The van der Waals surface area contributed by atoms with E-state index in [1.165, 1.54) is 12.8 Å². The normalized spacial score (nSPS) is 20.4. The third kappa shape index (κ3) is 2.72. The molecule has 3 nitrogen and oxygen atoms in total. The summed E-state index contributed by atoms with van der Waals surface area (Å²) in [5.41, 5.74) is 7.19. The summed E-state index contributed by atoms with van der Waals surface area (Å²) in [6.07, 6.45) is 2.53. The molecule has 0 aromatic heterocycles. The molecule has 2 rings (SSSR count). The molecule has 1 fully saturated rings. The van der Waals surface area contributed by atoms with Crippen LogP contribution < -0.4 is 10.6 Å². The van der Waals surface area contributed by atoms with Gasteiger partial charge in [0.05, 0.1) is 5.02 Å². The monoisotopic (exact) mass is 251 g/mol. The van der Waals surface area contributed by atoms with Gasteiger partial charge in [-0.2, -0.15) is 0 Å². The first-order chi connectivity index (χ1) is 8.08. The lowest BCUT2D eigenvalue weighted by molar-refractivity contribution is 0.447. The third-order valence-corrected chi connectivity index (χ3v) is 3.58. The van der Waals surface area contributed by atoms with Gasteiger partial charge in [-0.05, 0) is 37.0 Å². The molecule has 17 heavy (non-hydrogen) atoms. The van der Waals surface area contributed by atoms with Crippen LogP contribution in [0.5, 0.6) is 0 Å². The fourth-order valence-corrected chi connectivity index (χ4v) is 2.62. The Bertz CT molecular complexity index is 431. The Kier molecular flexibility index (Phi) is 3.57. The quantitative estimate of drug-likeness (QED) is 0.627. The van der Waals surface area contributed by atoms with Crippen LogP contribution in [0.1, 0.15) is 25.3 Å². The highest BCUT2D eigenvalue weighted by Gasteiger charge is 2.17. The van der Waals surface area contributed by atoms with E-state index in [9.17, 15) is 0 Å². The van der Waals surface area contributed by atoms with Crippen LogP contribution in [0, 0.1) is 11.3 Å². The van der Waals surface area contributed by atoms with Gasteiger partial charge in [0.1, 0.15) is 5.84 Å². The maximum absolute atomic E-state index is 7.40. The summed E-state index contributed by atoms with van der Waals surface area (Å²) in [6.45, 7) is 4.44. The number of rotatable bonds is 2. The molecule has 1 aromatic rings. The molecule has 1 aliphatic rings. The number of amidine groups is 1. The van der Waals surface area contributed by atoms with Gasteiger partial charge in [0, 0.05) is 24.3 Å². The Labute approximate surface area is 107 Å². The van der Waals surface area contributed by atoms with Gasteiger partial charge in [-0.25, -0.2) is 0 Å². The molecule has 0 spiro atoms. The number of nitrogen functional groups attached to an aromatic ring is 1. The standard InChI is InChI=1S/C13H18ClN3/c1-9-3-2-6-17(8-9)10-4-5-11(13(15)16)12(14)7-10/h4-5,7,9H,2-3,6,8H2,1H3,(H3,15,16). The molecule has 0 radical (unpaired) electrons. The summed E-state index contributed by atoms with van der Waals surface area (Å²) in [5.74, 6) is 0.753. The molecular formula is C13H18ClN3. The summed E-state index contributed by atoms with van der Waals surface area (Å²) in [7, 11) is 0. The van der Waals surface area contributed by atoms with Crippen LogP contribution in [0.4, 0.5) is 5.69 Å². The largest absolute Gasteiger partial charge is 0.384 e. The van der Waals surface area contributed by atoms with Crippen LogP contribution in [0.15, 0.2) is 18.2 Å². The smallest absolute Gasteiger partial charge is 0.124 e. The highest BCUT2D eigenvalue weighted by atomic mass is 35.5. The van der Waals surface area contributed by atoms with E-state index in [0.717, 1.165) is 24.7 Å². The lowest BCUT2D eigenvalue weighted by atomic mass is 9.99. The Morgan fingerprint density at radius 2 is 2.29 bits per heavy atom. The van der Waals surface area contributed by atoms with Gasteiger partial charge in [0.25, 0.3) is 0 Å². The van der Waals surface area contributed by atoms with Crippen molar-refractivity contribution in [2.45, 2.75) is 19.8 Å². The molecule has 1 aromatic carbocycles. The van der Waals surface area contributed by atoms with Crippen LogP contribution in [-0.2, 0) is 0 Å². The fourth-order valence-electron chi connectivity index (χ4n) is 2.34. The third-order valence-electron chi connectivity index (χ3n) is 3.27. The van der Waals surface area contributed by atoms with E-state index in [-0.39, 0.29) is 5.84 Å². The zero-order valence-corrected chi connectivity index (χ0v) is 10.8. The molecule has 92 valence electrons. The average molecular weight is 252 g/mol. The van der Waals surface area contributed by atoms with Crippen molar-refractivity contribution in [1.29, 1.82) is 5.41 Å². The number of hydrogen-bond acceptors (Lipinski definition) is 2. The van der Waals surface area contributed by atoms with E-state index < -0.39 is 0 Å². The van der Waals surface area contributed by atoms with Gasteiger partial charge in [-0.3, -0.25) is 5.41 Å². The van der Waals surface area contributed by atoms with E-state index in [0.29, 0.717) is 10.6 Å². The molecule has 0 aliphatic carbocycles. The van der Waals surface area contributed by atoms with Crippen LogP contribution >= 0.6 is 11.6 Å². The highest BCUT2D eigenvalue weighted by molar-refractivity contribution is 6.34. The molecule has 1 atom stereocenters. The van der Waals surface area contributed by atoms with Crippen molar-refractivity contribution in [3.63, 3.8) is 0 Å². The number of piperidine rings is 1. The lowest BCUT2D eigenvalue weighted by Crippen LogP contribution is -2.34. The number of nitrogens with zero attached hydrogens (tertiary/aromatic N) is 1. The number of benzene rings is 1. The Balaban J connectivity index is 2.22. The molecule has 3 N–H and O–H groups in total. The fraction of sp³-hybridized carbons (Fsp3) is 0.462. The summed E-state index contributed by atoms with van der Waals surface area (Å²) < 4.78 is 0. The van der Waals surface area contributed by atoms with Gasteiger partial charge in [0.15, 0.2) is 0 Å². The second-order valence-corrected chi connectivity index (χ2v) is 5.18. The second kappa shape index (κ2) is 4.96. The van der Waals surface area contributed by atoms with Gasteiger partial charge in [-0.15, -0.1) is 0 Å². The summed E-state index contributed by atoms with van der Waals surface area (Å²) in [4.78, 5) is 2.35. The molecule has 0 amide bonds. The second-order valence-electron chi connectivity index (χ2n) is 4.77. The van der Waals surface area contributed by atoms with Gasteiger partial charge in [-0.1, -0.05) is 18.5 Å². The Hall–Kier alpha value is -1.22. The predicted molar refractivity (Wildman–Crippen MR) is 73.1 cm³/mol. The average Bonchev–Trinajstić information content (AvgIpc) is 2.28. The summed E-state index contributed by atoms with van der Waals surface area (Å²) in [6, 6.07) is 5.75. The molecule has 1 saturated heterocycles. The Morgan fingerprint density at radius 1 is 1.53 bits per heavy atom. The van der Waals surface area contributed by atoms with Crippen molar-refractivity contribution in [2.75, 3.05) is 18.0 Å². The maximum Gasteiger partial charge on any atom is 0.124 e. The minimum atomic E-state index is 0.0218. The molecule has 0 bridgehead atoms. The van der Waals surface area contributed by atoms with E-state index >= 15 is 0 Å². The van der Waals surface area contributed by atoms with Crippen molar-refractivity contribution >= 4 is 23.1 Å². The molecule has 0 saturated carbocycles. The highest BCUT2D eigenvalue weighted by Crippen LogP contribution is 2.27. The molecule has 1 aliphatic heterocycles. The topological polar surface area (TPSA) is 53.1 Å². The first-order valence-electron chi connectivity index (χ1n) is 5.97. The van der Waals surface area contributed by atoms with Crippen molar-refractivity contribution in [1.82, 2.24) is 0 Å². The van der Waals surface area contributed by atoms with Crippen molar-refractivity contribution < 1.29 is 0 Å². The molecule has 4 heteroatoms. The first-order valence-corrected chi connectivity index (χ1v) is 6.34. The Morgan fingerprint density at radius 3 is 2.88 bits per heavy atom. The van der Waals surface area contributed by atoms with Crippen LogP contribution in [-0.4, -0.2) is 18.9 Å². The summed E-state index contributed by atoms with van der Waals surface area (Å²) in [5, 5.41) is 7.97.